The van der Waals surface area contributed by atoms with Crippen LogP contribution >= 0.6 is 0 Å². The predicted octanol–water partition coefficient (Wildman–Crippen LogP) is 2.72. The number of carbonyl (C=O) groups is 2. The summed E-state index contributed by atoms with van der Waals surface area (Å²) in [6.07, 6.45) is 0.212. The lowest BCUT2D eigenvalue weighted by Crippen LogP contribution is -2.25. The lowest BCUT2D eigenvalue weighted by atomic mass is 10.1. The molecule has 0 unspecified atom stereocenters. The number of nitrogens with one attached hydrogen (secondary N) is 1. The number of ether oxygens (including phenoxy) is 1. The zero-order valence-corrected chi connectivity index (χ0v) is 15.7. The van der Waals surface area contributed by atoms with E-state index in [9.17, 15) is 18.0 Å². The highest BCUT2D eigenvalue weighted by Gasteiger charge is 2.20. The predicted molar refractivity (Wildman–Crippen MR) is 99.7 cm³/mol. The van der Waals surface area contributed by atoms with Crippen LogP contribution in [0.3, 0.4) is 0 Å². The van der Waals surface area contributed by atoms with Crippen molar-refractivity contribution in [3.63, 3.8) is 0 Å². The normalized spacial score (nSPS) is 12.3. The summed E-state index contributed by atoms with van der Waals surface area (Å²) in [5.41, 5.74) is 2.53. The molecule has 6 nitrogen and oxygen atoms in total. The zero-order valence-electron chi connectivity index (χ0n) is 14.9. The molecule has 0 spiro atoms. The molecule has 138 valence electrons. The van der Waals surface area contributed by atoms with Crippen LogP contribution in [0.1, 0.15) is 28.4 Å². The van der Waals surface area contributed by atoms with Crippen molar-refractivity contribution in [1.29, 1.82) is 0 Å². The van der Waals surface area contributed by atoms with Crippen molar-refractivity contribution >= 4 is 27.5 Å². The first-order valence-corrected chi connectivity index (χ1v) is 9.91. The number of benzene rings is 2. The van der Waals surface area contributed by atoms with Crippen LogP contribution in [0.5, 0.6) is 0 Å². The van der Waals surface area contributed by atoms with Gasteiger partial charge in [0.2, 0.25) is 15.8 Å². The lowest BCUT2D eigenvalue weighted by Gasteiger charge is -2.13. The van der Waals surface area contributed by atoms with Crippen molar-refractivity contribution in [2.45, 2.75) is 26.4 Å². The summed E-state index contributed by atoms with van der Waals surface area (Å²) >= 11 is 0. The minimum Gasteiger partial charge on any atom is -0.454 e. The van der Waals surface area contributed by atoms with Crippen molar-refractivity contribution < 1.29 is 22.7 Å². The molecular formula is C19H21NO5S. The Labute approximate surface area is 153 Å². The number of hydrogen-bond acceptors (Lipinski definition) is 5. The van der Waals surface area contributed by atoms with Gasteiger partial charge in [0.1, 0.15) is 0 Å². The van der Waals surface area contributed by atoms with Crippen LogP contribution in [0, 0.1) is 6.92 Å². The van der Waals surface area contributed by atoms with Crippen molar-refractivity contribution in [3.8, 4) is 0 Å². The first-order chi connectivity index (χ1) is 12.2. The van der Waals surface area contributed by atoms with E-state index >= 15 is 0 Å². The van der Waals surface area contributed by atoms with Gasteiger partial charge in [-0.3, -0.25) is 14.3 Å². The van der Waals surface area contributed by atoms with Crippen molar-refractivity contribution in [2.75, 3.05) is 11.0 Å². The van der Waals surface area contributed by atoms with Gasteiger partial charge in [-0.05, 0) is 49.2 Å². The summed E-state index contributed by atoms with van der Waals surface area (Å²) in [5.74, 6) is -0.829. The maximum absolute atomic E-state index is 12.4. The molecule has 2 aromatic rings. The zero-order chi connectivity index (χ0) is 19.3. The molecule has 0 amide bonds. The van der Waals surface area contributed by atoms with Crippen LogP contribution in [0.2, 0.25) is 0 Å². The second kappa shape index (κ2) is 8.14. The maximum Gasteiger partial charge on any atom is 0.310 e. The van der Waals surface area contributed by atoms with Crippen LogP contribution in [-0.2, 0) is 26.0 Å². The highest BCUT2D eigenvalue weighted by Crippen LogP contribution is 2.14. The molecule has 2 aromatic carbocycles. The second-order valence-electron chi connectivity index (χ2n) is 6.05. The summed E-state index contributed by atoms with van der Waals surface area (Å²) in [7, 11) is -3.38. The van der Waals surface area contributed by atoms with Crippen LogP contribution in [0.4, 0.5) is 5.69 Å². The van der Waals surface area contributed by atoms with E-state index in [1.165, 1.54) is 31.2 Å². The Balaban J connectivity index is 1.98. The molecule has 2 rings (SSSR count). The lowest BCUT2D eigenvalue weighted by molar-refractivity contribution is -0.145. The maximum atomic E-state index is 12.4. The molecular weight excluding hydrogens is 354 g/mol. The van der Waals surface area contributed by atoms with E-state index in [2.05, 4.69) is 4.72 Å². The largest absolute Gasteiger partial charge is 0.454 e. The minimum atomic E-state index is -3.38. The van der Waals surface area contributed by atoms with E-state index < -0.39 is 22.1 Å². The summed E-state index contributed by atoms with van der Waals surface area (Å²) in [4.78, 5) is 24.5. The van der Waals surface area contributed by atoms with E-state index in [0.29, 0.717) is 11.3 Å². The van der Waals surface area contributed by atoms with Crippen LogP contribution in [0.25, 0.3) is 0 Å². The van der Waals surface area contributed by atoms with Gasteiger partial charge < -0.3 is 4.74 Å². The molecule has 0 bridgehead atoms. The number of rotatable bonds is 7. The highest BCUT2D eigenvalue weighted by molar-refractivity contribution is 7.92. The number of hydrogen-bond donors (Lipinski definition) is 1. The van der Waals surface area contributed by atoms with Gasteiger partial charge in [0.25, 0.3) is 0 Å². The van der Waals surface area contributed by atoms with Crippen molar-refractivity contribution in [3.05, 3.63) is 65.2 Å². The third-order valence-corrected chi connectivity index (χ3v) is 4.35. The Hall–Kier alpha value is -2.67. The topological polar surface area (TPSA) is 89.5 Å². The van der Waals surface area contributed by atoms with Gasteiger partial charge in [0.05, 0.1) is 12.7 Å². The molecule has 0 aliphatic carbocycles. The monoisotopic (exact) mass is 375 g/mol. The molecule has 0 saturated carbocycles. The SMILES string of the molecule is Cc1ccccc1CC(=O)O[C@@H](C)C(=O)c1ccc(NS(C)(=O)=O)cc1. The molecule has 7 heteroatoms. The Morgan fingerprint density at radius 1 is 1.08 bits per heavy atom. The fourth-order valence-electron chi connectivity index (χ4n) is 2.41. The smallest absolute Gasteiger partial charge is 0.310 e. The number of ketones is 1. The average molecular weight is 375 g/mol. The standard InChI is InChI=1S/C19H21NO5S/c1-13-6-4-5-7-16(13)12-18(21)25-14(2)19(22)15-8-10-17(11-9-15)20-26(3,23)24/h4-11,14,20H,12H2,1-3H3/t14-/m0/s1. The van der Waals surface area contributed by atoms with Crippen LogP contribution < -0.4 is 4.72 Å². The molecule has 0 aromatic heterocycles. The van der Waals surface area contributed by atoms with E-state index in [-0.39, 0.29) is 12.2 Å². The molecule has 0 heterocycles. The Morgan fingerprint density at radius 3 is 2.27 bits per heavy atom. The van der Waals surface area contributed by atoms with Gasteiger partial charge >= 0.3 is 5.97 Å². The first kappa shape index (κ1) is 19.7. The summed E-state index contributed by atoms with van der Waals surface area (Å²) in [6.45, 7) is 3.42. The number of Topliss-reactive ketones (excluding diaryl/α,β-unsaturated/α-hetero) is 1. The van der Waals surface area contributed by atoms with E-state index in [4.69, 9.17) is 4.74 Å². The van der Waals surface area contributed by atoms with Gasteiger partial charge in [0, 0.05) is 11.3 Å². The molecule has 26 heavy (non-hydrogen) atoms. The van der Waals surface area contributed by atoms with Gasteiger partial charge in [-0.1, -0.05) is 24.3 Å². The highest BCUT2D eigenvalue weighted by atomic mass is 32.2. The summed E-state index contributed by atoms with van der Waals surface area (Å²) < 4.78 is 29.9. The Kier molecular flexibility index (Phi) is 6.15. The fraction of sp³-hybridized carbons (Fsp3) is 0.263. The number of carbonyl (C=O) groups excluding carboxylic acids is 2. The van der Waals surface area contributed by atoms with Crippen LogP contribution in [-0.4, -0.2) is 32.5 Å². The Morgan fingerprint density at radius 2 is 1.69 bits per heavy atom. The third kappa shape index (κ3) is 5.70. The van der Waals surface area contributed by atoms with E-state index in [0.717, 1.165) is 17.4 Å². The number of aryl methyl sites for hydroxylation is 1. The van der Waals surface area contributed by atoms with Gasteiger partial charge in [0.15, 0.2) is 6.10 Å². The number of sulfonamides is 1. The molecule has 0 fully saturated rings. The van der Waals surface area contributed by atoms with Gasteiger partial charge in [-0.25, -0.2) is 8.42 Å². The summed E-state index contributed by atoms with van der Waals surface area (Å²) in [5, 5.41) is 0. The van der Waals surface area contributed by atoms with Gasteiger partial charge in [-0.15, -0.1) is 0 Å². The van der Waals surface area contributed by atoms with Gasteiger partial charge in [-0.2, -0.15) is 0 Å². The van der Waals surface area contributed by atoms with E-state index in [1.54, 1.807) is 0 Å². The molecule has 1 atom stereocenters. The molecule has 0 aliphatic heterocycles. The summed E-state index contributed by atoms with van der Waals surface area (Å²) in [6, 6.07) is 13.4. The first-order valence-electron chi connectivity index (χ1n) is 8.02. The quantitative estimate of drug-likeness (QED) is 0.594. The average Bonchev–Trinajstić information content (AvgIpc) is 2.55. The Bertz CT molecular complexity index is 904. The third-order valence-electron chi connectivity index (χ3n) is 3.75. The van der Waals surface area contributed by atoms with Crippen LogP contribution in [0.15, 0.2) is 48.5 Å². The van der Waals surface area contributed by atoms with E-state index in [1.807, 2.05) is 31.2 Å². The van der Waals surface area contributed by atoms with Crippen molar-refractivity contribution in [1.82, 2.24) is 0 Å². The molecule has 0 aliphatic rings. The molecule has 1 N–H and O–H groups in total. The van der Waals surface area contributed by atoms with Crippen molar-refractivity contribution in [2.24, 2.45) is 0 Å². The second-order valence-corrected chi connectivity index (χ2v) is 7.80. The fourth-order valence-corrected chi connectivity index (χ4v) is 2.97. The molecule has 0 radical (unpaired) electrons. The molecule has 0 saturated heterocycles. The number of esters is 1. The minimum absolute atomic E-state index is 0.0987. The number of anilines is 1.